The Morgan fingerprint density at radius 3 is 2.82 bits per heavy atom. The van der Waals surface area contributed by atoms with Crippen LogP contribution in [0.25, 0.3) is 0 Å². The van der Waals surface area contributed by atoms with Gasteiger partial charge in [0, 0.05) is 25.0 Å². The first kappa shape index (κ1) is 14.2. The number of primary amides is 1. The van der Waals surface area contributed by atoms with Gasteiger partial charge < -0.3 is 15.8 Å². The predicted octanol–water partition coefficient (Wildman–Crippen LogP) is 1.51. The normalized spacial score (nSPS) is 13.6. The summed E-state index contributed by atoms with van der Waals surface area (Å²) in [5, 5.41) is 5.18. The Hall–Kier alpha value is -0.910. The van der Waals surface area contributed by atoms with Gasteiger partial charge >= 0.3 is 0 Å². The van der Waals surface area contributed by atoms with Crippen LogP contribution in [0.3, 0.4) is 0 Å². The van der Waals surface area contributed by atoms with Crippen molar-refractivity contribution in [1.82, 2.24) is 5.32 Å². The van der Waals surface area contributed by atoms with Crippen molar-refractivity contribution in [2.45, 2.75) is 38.5 Å². The number of methoxy groups -OCH3 is 1. The van der Waals surface area contributed by atoms with Crippen LogP contribution >= 0.6 is 11.3 Å². The Balaban J connectivity index is 2.52. The fraction of sp³-hybridized carbons (Fsp3) is 0.583. The lowest BCUT2D eigenvalue weighted by Gasteiger charge is -2.27. The second kappa shape index (κ2) is 6.14. The molecule has 0 saturated heterocycles. The zero-order valence-electron chi connectivity index (χ0n) is 10.5. The maximum atomic E-state index is 11.4. The van der Waals surface area contributed by atoms with Crippen LogP contribution in [-0.4, -0.2) is 24.7 Å². The molecule has 1 aromatic rings. The number of nitrogens with one attached hydrogen (secondary N) is 1. The Morgan fingerprint density at radius 1 is 1.65 bits per heavy atom. The number of carbonyl (C=O) groups excluding carboxylic acids is 1. The molecule has 0 fully saturated rings. The zero-order chi connectivity index (χ0) is 12.9. The molecule has 0 bridgehead atoms. The Bertz CT molecular complexity index is 349. The van der Waals surface area contributed by atoms with Crippen LogP contribution in [0.5, 0.6) is 0 Å². The van der Waals surface area contributed by atoms with E-state index in [-0.39, 0.29) is 17.6 Å². The number of thiophene rings is 1. The molecule has 0 aliphatic rings. The van der Waals surface area contributed by atoms with E-state index in [1.165, 1.54) is 4.88 Å². The van der Waals surface area contributed by atoms with Crippen molar-refractivity contribution in [3.63, 3.8) is 0 Å². The average molecular weight is 256 g/mol. The topological polar surface area (TPSA) is 64.3 Å². The minimum absolute atomic E-state index is 0.341. The van der Waals surface area contributed by atoms with Crippen molar-refractivity contribution >= 4 is 17.2 Å². The van der Waals surface area contributed by atoms with Crippen LogP contribution in [0.4, 0.5) is 0 Å². The molecule has 1 amide bonds. The van der Waals surface area contributed by atoms with Gasteiger partial charge in [-0.05, 0) is 25.3 Å². The summed E-state index contributed by atoms with van der Waals surface area (Å²) in [6, 6.07) is 3.64. The molecule has 0 radical (unpaired) electrons. The third-order valence-corrected chi connectivity index (χ3v) is 3.57. The van der Waals surface area contributed by atoms with Crippen molar-refractivity contribution in [2.24, 2.45) is 5.73 Å². The average Bonchev–Trinajstić information content (AvgIpc) is 2.76. The molecule has 0 saturated carbocycles. The molecular weight excluding hydrogens is 236 g/mol. The van der Waals surface area contributed by atoms with Crippen molar-refractivity contribution < 1.29 is 9.53 Å². The van der Waals surface area contributed by atoms with E-state index < -0.39 is 0 Å². The second-order valence-electron chi connectivity index (χ2n) is 4.58. The highest BCUT2D eigenvalue weighted by atomic mass is 32.1. The Morgan fingerprint density at radius 2 is 2.35 bits per heavy atom. The zero-order valence-corrected chi connectivity index (χ0v) is 11.3. The summed E-state index contributed by atoms with van der Waals surface area (Å²) in [4.78, 5) is 12.5. The fourth-order valence-corrected chi connectivity index (χ4v) is 2.14. The third kappa shape index (κ3) is 4.85. The van der Waals surface area contributed by atoms with Crippen molar-refractivity contribution in [2.75, 3.05) is 7.11 Å². The molecule has 1 aromatic heterocycles. The SMILES string of the molecule is COC(C)(C)CC(NCc1cccs1)C(N)=O. The molecule has 17 heavy (non-hydrogen) atoms. The van der Waals surface area contributed by atoms with Gasteiger partial charge in [0.2, 0.25) is 5.91 Å². The molecule has 0 aliphatic carbocycles. The predicted molar refractivity (Wildman–Crippen MR) is 69.8 cm³/mol. The number of amides is 1. The van der Waals surface area contributed by atoms with Gasteiger partial charge in [-0.25, -0.2) is 0 Å². The molecule has 4 nitrogen and oxygen atoms in total. The first-order valence-corrected chi connectivity index (χ1v) is 6.43. The lowest BCUT2D eigenvalue weighted by atomic mass is 9.98. The maximum absolute atomic E-state index is 11.4. The van der Waals surface area contributed by atoms with E-state index in [1.807, 2.05) is 31.4 Å². The third-order valence-electron chi connectivity index (χ3n) is 2.69. The highest BCUT2D eigenvalue weighted by molar-refractivity contribution is 7.09. The van der Waals surface area contributed by atoms with E-state index in [0.717, 1.165) is 0 Å². The monoisotopic (exact) mass is 256 g/mol. The van der Waals surface area contributed by atoms with E-state index >= 15 is 0 Å². The number of ether oxygens (including phenoxy) is 1. The van der Waals surface area contributed by atoms with Gasteiger partial charge in [0.05, 0.1) is 11.6 Å². The van der Waals surface area contributed by atoms with Gasteiger partial charge in [-0.1, -0.05) is 6.07 Å². The van der Waals surface area contributed by atoms with E-state index in [2.05, 4.69) is 5.32 Å². The van der Waals surface area contributed by atoms with Crippen LogP contribution < -0.4 is 11.1 Å². The second-order valence-corrected chi connectivity index (χ2v) is 5.62. The molecule has 5 heteroatoms. The lowest BCUT2D eigenvalue weighted by molar-refractivity contribution is -0.122. The van der Waals surface area contributed by atoms with Gasteiger partial charge in [-0.15, -0.1) is 11.3 Å². The van der Waals surface area contributed by atoms with Crippen LogP contribution in [-0.2, 0) is 16.1 Å². The first-order chi connectivity index (χ1) is 7.94. The molecular formula is C12H20N2O2S. The van der Waals surface area contributed by atoms with Gasteiger partial charge in [0.1, 0.15) is 0 Å². The highest BCUT2D eigenvalue weighted by Gasteiger charge is 2.26. The van der Waals surface area contributed by atoms with Gasteiger partial charge in [-0.2, -0.15) is 0 Å². The Labute approximate surface area is 106 Å². The Kier molecular flexibility index (Phi) is 5.11. The number of rotatable bonds is 7. The molecule has 96 valence electrons. The molecule has 1 unspecified atom stereocenters. The molecule has 0 aromatic carbocycles. The number of hydrogen-bond donors (Lipinski definition) is 2. The minimum atomic E-state index is -0.368. The van der Waals surface area contributed by atoms with E-state index in [9.17, 15) is 4.79 Å². The first-order valence-electron chi connectivity index (χ1n) is 5.55. The standard InChI is InChI=1S/C12H20N2O2S/c1-12(2,16-3)7-10(11(13)15)14-8-9-5-4-6-17-9/h4-6,10,14H,7-8H2,1-3H3,(H2,13,15). The van der Waals surface area contributed by atoms with Crippen molar-refractivity contribution in [3.05, 3.63) is 22.4 Å². The summed E-state index contributed by atoms with van der Waals surface area (Å²) in [5.74, 6) is -0.341. The quantitative estimate of drug-likeness (QED) is 0.777. The van der Waals surface area contributed by atoms with Gasteiger partial charge in [0.15, 0.2) is 0 Å². The van der Waals surface area contributed by atoms with Crippen molar-refractivity contribution in [3.8, 4) is 0 Å². The summed E-state index contributed by atoms with van der Waals surface area (Å²) >= 11 is 1.65. The summed E-state index contributed by atoms with van der Waals surface area (Å²) < 4.78 is 5.31. The minimum Gasteiger partial charge on any atom is -0.379 e. The summed E-state index contributed by atoms with van der Waals surface area (Å²) in [7, 11) is 1.64. The number of hydrogen-bond acceptors (Lipinski definition) is 4. The molecule has 1 atom stereocenters. The number of nitrogens with two attached hydrogens (primary N) is 1. The van der Waals surface area contributed by atoms with E-state index in [1.54, 1.807) is 18.4 Å². The fourth-order valence-electron chi connectivity index (χ4n) is 1.49. The van der Waals surface area contributed by atoms with E-state index in [4.69, 9.17) is 10.5 Å². The molecule has 3 N–H and O–H groups in total. The van der Waals surface area contributed by atoms with Crippen LogP contribution in [0, 0.1) is 0 Å². The van der Waals surface area contributed by atoms with Crippen molar-refractivity contribution in [1.29, 1.82) is 0 Å². The highest BCUT2D eigenvalue weighted by Crippen LogP contribution is 2.16. The summed E-state index contributed by atoms with van der Waals surface area (Å²) in [5.41, 5.74) is 5.03. The summed E-state index contributed by atoms with van der Waals surface area (Å²) in [6.07, 6.45) is 0.560. The largest absolute Gasteiger partial charge is 0.379 e. The lowest BCUT2D eigenvalue weighted by Crippen LogP contribution is -2.45. The van der Waals surface area contributed by atoms with Crippen LogP contribution in [0.15, 0.2) is 17.5 Å². The molecule has 0 spiro atoms. The summed E-state index contributed by atoms with van der Waals surface area (Å²) in [6.45, 7) is 4.54. The molecule has 1 rings (SSSR count). The van der Waals surface area contributed by atoms with Crippen LogP contribution in [0.1, 0.15) is 25.1 Å². The van der Waals surface area contributed by atoms with Gasteiger partial charge in [0.25, 0.3) is 0 Å². The van der Waals surface area contributed by atoms with Crippen LogP contribution in [0.2, 0.25) is 0 Å². The molecule has 1 heterocycles. The van der Waals surface area contributed by atoms with Gasteiger partial charge in [-0.3, -0.25) is 4.79 Å². The smallest absolute Gasteiger partial charge is 0.234 e. The molecule has 0 aliphatic heterocycles. The number of carbonyl (C=O) groups is 1. The van der Waals surface area contributed by atoms with E-state index in [0.29, 0.717) is 13.0 Å². The maximum Gasteiger partial charge on any atom is 0.234 e.